The minimum Gasteiger partial charge on any atom is -0.361 e. The number of halogens is 2. The van der Waals surface area contributed by atoms with Crippen molar-refractivity contribution in [3.05, 3.63) is 64.8 Å². The molecule has 1 aliphatic carbocycles. The first-order valence-corrected chi connectivity index (χ1v) is 10.1. The molecule has 0 saturated heterocycles. The van der Waals surface area contributed by atoms with Crippen LogP contribution in [-0.4, -0.2) is 26.8 Å². The molecular weight excluding hydrogens is 418 g/mol. The Balaban J connectivity index is 1.54. The number of nitrogens with one attached hydrogen (secondary N) is 2. The van der Waals surface area contributed by atoms with Gasteiger partial charge in [0, 0.05) is 34.8 Å². The molecule has 2 N–H and O–H groups in total. The van der Waals surface area contributed by atoms with Gasteiger partial charge in [0.05, 0.1) is 16.8 Å². The fourth-order valence-electron chi connectivity index (χ4n) is 3.87. The molecule has 3 aromatic heterocycles. The fourth-order valence-corrected chi connectivity index (χ4v) is 3.87. The van der Waals surface area contributed by atoms with Crippen LogP contribution in [0.3, 0.4) is 0 Å². The van der Waals surface area contributed by atoms with Crippen molar-refractivity contribution in [2.75, 3.05) is 5.32 Å². The summed E-state index contributed by atoms with van der Waals surface area (Å²) in [5, 5.41) is 6.95. The molecule has 0 spiro atoms. The maximum atomic E-state index is 15.0. The number of hydrogen-bond donors (Lipinski definition) is 2. The predicted octanol–water partition coefficient (Wildman–Crippen LogP) is 4.69. The number of ketones is 1. The second-order valence-electron chi connectivity index (χ2n) is 7.89. The zero-order valence-electron chi connectivity index (χ0n) is 17.3. The number of aryl methyl sites for hydroxylation is 2. The van der Waals surface area contributed by atoms with Gasteiger partial charge in [-0.1, -0.05) is 5.16 Å². The Labute approximate surface area is 180 Å². The van der Waals surface area contributed by atoms with E-state index in [0.717, 1.165) is 25.0 Å². The number of H-pyrrole nitrogens is 1. The van der Waals surface area contributed by atoms with Crippen LogP contribution >= 0.6 is 0 Å². The van der Waals surface area contributed by atoms with Crippen LogP contribution in [0.15, 0.2) is 35.1 Å². The third kappa shape index (κ3) is 3.26. The zero-order chi connectivity index (χ0) is 22.6. The van der Waals surface area contributed by atoms with Gasteiger partial charge in [0.2, 0.25) is 11.7 Å². The van der Waals surface area contributed by atoms with Gasteiger partial charge in [0.15, 0.2) is 5.82 Å². The number of anilines is 1. The molecule has 1 fully saturated rings. The first kappa shape index (κ1) is 20.0. The van der Waals surface area contributed by atoms with Crippen LogP contribution in [0.25, 0.3) is 22.0 Å². The quantitative estimate of drug-likeness (QED) is 0.442. The number of carbonyl (C=O) groups excluding carboxylic acids is 2. The van der Waals surface area contributed by atoms with Gasteiger partial charge in [-0.25, -0.2) is 13.8 Å². The lowest BCUT2D eigenvalue weighted by molar-refractivity contribution is -0.117. The molecule has 1 aromatic carbocycles. The number of amides is 1. The topological polar surface area (TPSA) is 101 Å². The summed E-state index contributed by atoms with van der Waals surface area (Å²) in [6.07, 6.45) is 4.46. The summed E-state index contributed by atoms with van der Waals surface area (Å²) < 4.78 is 35.0. The van der Waals surface area contributed by atoms with Gasteiger partial charge in [0.1, 0.15) is 17.4 Å². The highest BCUT2D eigenvalue weighted by molar-refractivity contribution is 6.18. The molecule has 3 heterocycles. The van der Waals surface area contributed by atoms with Crippen molar-refractivity contribution >= 4 is 28.4 Å². The third-order valence-corrected chi connectivity index (χ3v) is 5.63. The summed E-state index contributed by atoms with van der Waals surface area (Å²) in [6, 6.07) is 3.75. The average molecular weight is 436 g/mol. The molecule has 0 unspecified atom stereocenters. The molecule has 162 valence electrons. The molecule has 5 rings (SSSR count). The average Bonchev–Trinajstić information content (AvgIpc) is 3.42. The number of aromatic amines is 1. The minimum atomic E-state index is -0.990. The largest absolute Gasteiger partial charge is 0.361 e. The highest BCUT2D eigenvalue weighted by atomic mass is 19.1. The Morgan fingerprint density at radius 2 is 1.91 bits per heavy atom. The Kier molecular flexibility index (Phi) is 4.61. The number of carbonyl (C=O) groups is 2. The number of aromatic nitrogens is 3. The summed E-state index contributed by atoms with van der Waals surface area (Å²) in [5.74, 6) is -2.27. The lowest BCUT2D eigenvalue weighted by atomic mass is 9.97. The van der Waals surface area contributed by atoms with Crippen molar-refractivity contribution in [1.29, 1.82) is 0 Å². The van der Waals surface area contributed by atoms with E-state index in [2.05, 4.69) is 20.4 Å². The first-order chi connectivity index (χ1) is 15.3. The number of pyridine rings is 1. The second kappa shape index (κ2) is 7.37. The van der Waals surface area contributed by atoms with E-state index >= 15 is 0 Å². The van der Waals surface area contributed by atoms with E-state index < -0.39 is 23.0 Å². The van der Waals surface area contributed by atoms with Crippen LogP contribution in [0.5, 0.6) is 0 Å². The zero-order valence-corrected chi connectivity index (χ0v) is 17.3. The number of fused-ring (bicyclic) bond motifs is 1. The minimum absolute atomic E-state index is 0.0254. The number of benzene rings is 1. The van der Waals surface area contributed by atoms with Gasteiger partial charge in [-0.05, 0) is 50.5 Å². The van der Waals surface area contributed by atoms with E-state index in [1.54, 1.807) is 19.9 Å². The van der Waals surface area contributed by atoms with E-state index in [1.165, 1.54) is 12.4 Å². The molecule has 0 atom stereocenters. The van der Waals surface area contributed by atoms with Crippen molar-refractivity contribution in [3.8, 4) is 11.1 Å². The highest BCUT2D eigenvalue weighted by Crippen LogP contribution is 2.33. The van der Waals surface area contributed by atoms with Crippen molar-refractivity contribution in [1.82, 2.24) is 15.1 Å². The van der Waals surface area contributed by atoms with Gasteiger partial charge in [0.25, 0.3) is 0 Å². The SMILES string of the molecule is Cc1noc(C)c1-c1cc(F)c(C(=O)c2c[nH]c3c(NC(=O)C4CC4)nccc23)c(F)c1. The molecule has 32 heavy (non-hydrogen) atoms. The highest BCUT2D eigenvalue weighted by Gasteiger charge is 2.31. The van der Waals surface area contributed by atoms with Gasteiger partial charge in [-0.3, -0.25) is 9.59 Å². The van der Waals surface area contributed by atoms with Crippen LogP contribution in [0.4, 0.5) is 14.6 Å². The molecular formula is C23H18F2N4O3. The Morgan fingerprint density at radius 3 is 2.53 bits per heavy atom. The van der Waals surface area contributed by atoms with E-state index in [9.17, 15) is 18.4 Å². The van der Waals surface area contributed by atoms with E-state index in [-0.39, 0.29) is 28.8 Å². The maximum absolute atomic E-state index is 15.0. The van der Waals surface area contributed by atoms with Crippen LogP contribution < -0.4 is 5.32 Å². The Hall–Kier alpha value is -3.88. The molecule has 7 nitrogen and oxygen atoms in total. The van der Waals surface area contributed by atoms with E-state index in [0.29, 0.717) is 27.9 Å². The van der Waals surface area contributed by atoms with Crippen LogP contribution in [0, 0.1) is 31.4 Å². The second-order valence-corrected chi connectivity index (χ2v) is 7.89. The monoisotopic (exact) mass is 436 g/mol. The smallest absolute Gasteiger partial charge is 0.228 e. The third-order valence-electron chi connectivity index (χ3n) is 5.63. The molecule has 0 bridgehead atoms. The van der Waals surface area contributed by atoms with E-state index in [4.69, 9.17) is 4.52 Å². The molecule has 1 aliphatic rings. The standard InChI is InChI=1S/C23H18F2N4O3/c1-10-18(11(2)32-29-10)13-7-16(24)19(17(25)8-13)21(30)15-9-27-20-14(15)5-6-26-22(20)28-23(31)12-3-4-12/h5-9,12,27H,3-4H2,1-2H3,(H,26,28,31). The van der Waals surface area contributed by atoms with Crippen LogP contribution in [0.2, 0.25) is 0 Å². The van der Waals surface area contributed by atoms with Gasteiger partial charge < -0.3 is 14.8 Å². The molecule has 9 heteroatoms. The maximum Gasteiger partial charge on any atom is 0.228 e. The number of rotatable bonds is 5. The molecule has 0 aliphatic heterocycles. The fraction of sp³-hybridized carbons (Fsp3) is 0.217. The van der Waals surface area contributed by atoms with Gasteiger partial charge in [-0.15, -0.1) is 0 Å². The Morgan fingerprint density at radius 1 is 1.19 bits per heavy atom. The summed E-state index contributed by atoms with van der Waals surface area (Å²) in [4.78, 5) is 32.3. The van der Waals surface area contributed by atoms with Crippen LogP contribution in [0.1, 0.15) is 40.2 Å². The summed E-state index contributed by atoms with van der Waals surface area (Å²) in [5.41, 5.74) is 1.04. The predicted molar refractivity (Wildman–Crippen MR) is 112 cm³/mol. The van der Waals surface area contributed by atoms with Crippen molar-refractivity contribution in [3.63, 3.8) is 0 Å². The Bertz CT molecular complexity index is 1360. The molecule has 1 amide bonds. The molecule has 4 aromatic rings. The number of hydrogen-bond acceptors (Lipinski definition) is 5. The lowest BCUT2D eigenvalue weighted by Gasteiger charge is -2.08. The van der Waals surface area contributed by atoms with E-state index in [1.807, 2.05) is 0 Å². The van der Waals surface area contributed by atoms with Gasteiger partial charge in [-0.2, -0.15) is 0 Å². The molecule has 1 saturated carbocycles. The lowest BCUT2D eigenvalue weighted by Crippen LogP contribution is -2.14. The summed E-state index contributed by atoms with van der Waals surface area (Å²) >= 11 is 0. The number of nitrogens with zero attached hydrogens (tertiary/aromatic N) is 2. The first-order valence-electron chi connectivity index (χ1n) is 10.1. The summed E-state index contributed by atoms with van der Waals surface area (Å²) in [7, 11) is 0. The van der Waals surface area contributed by atoms with Gasteiger partial charge >= 0.3 is 0 Å². The molecule has 0 radical (unpaired) electrons. The van der Waals surface area contributed by atoms with Crippen molar-refractivity contribution in [2.24, 2.45) is 5.92 Å². The van der Waals surface area contributed by atoms with Crippen LogP contribution in [-0.2, 0) is 4.79 Å². The normalized spacial score (nSPS) is 13.5. The van der Waals surface area contributed by atoms with Crippen molar-refractivity contribution < 1.29 is 22.9 Å². The van der Waals surface area contributed by atoms with Crippen molar-refractivity contribution in [2.45, 2.75) is 26.7 Å². The summed E-state index contributed by atoms with van der Waals surface area (Å²) in [6.45, 7) is 3.31.